The van der Waals surface area contributed by atoms with Crippen LogP contribution in [0.4, 0.5) is 13.2 Å². The summed E-state index contributed by atoms with van der Waals surface area (Å²) in [5.74, 6) is -1.31. The number of carbonyl (C=O) groups excluding carboxylic acids is 2. The maximum absolute atomic E-state index is 13.8. The molecule has 0 saturated heterocycles. The number of aromatic amines is 1. The van der Waals surface area contributed by atoms with E-state index >= 15 is 0 Å². The predicted octanol–water partition coefficient (Wildman–Crippen LogP) is 4.75. The molecule has 10 heteroatoms. The molecule has 0 fully saturated rings. The van der Waals surface area contributed by atoms with Gasteiger partial charge in [-0.15, -0.1) is 0 Å². The van der Waals surface area contributed by atoms with E-state index in [2.05, 4.69) is 10.1 Å². The lowest BCUT2D eigenvalue weighted by Crippen LogP contribution is -2.35. The molecule has 0 bridgehead atoms. The summed E-state index contributed by atoms with van der Waals surface area (Å²) in [5.41, 5.74) is 1.75. The van der Waals surface area contributed by atoms with Crippen molar-refractivity contribution in [3.63, 3.8) is 0 Å². The number of carbonyl (C=O) groups is 2. The molecule has 3 heterocycles. The van der Waals surface area contributed by atoms with Crippen LogP contribution in [-0.4, -0.2) is 44.7 Å². The Morgan fingerprint density at radius 1 is 1.11 bits per heavy atom. The van der Waals surface area contributed by atoms with Gasteiger partial charge < -0.3 is 14.6 Å². The van der Waals surface area contributed by atoms with Crippen LogP contribution in [0.1, 0.15) is 44.6 Å². The van der Waals surface area contributed by atoms with Gasteiger partial charge >= 0.3 is 12.1 Å². The number of benzene rings is 2. The molecule has 0 unspecified atom stereocenters. The minimum atomic E-state index is -4.84. The Balaban J connectivity index is 1.41. The van der Waals surface area contributed by atoms with Gasteiger partial charge in [-0.3, -0.25) is 4.79 Å². The fourth-order valence-corrected chi connectivity index (χ4v) is 4.44. The van der Waals surface area contributed by atoms with E-state index in [0.29, 0.717) is 29.8 Å². The van der Waals surface area contributed by atoms with E-state index in [-0.39, 0.29) is 18.2 Å². The molecule has 0 spiro atoms. The standard InChI is InChI=1S/C25H21F3N4O3/c1-2-35-24(34)18-13-29-32(22(18)25(26,27)28)16-9-7-15(8-10-16)23(33)31-12-11-21-19(14-31)17-5-3-4-6-20(17)30-21/h3-10,13,30H,2,11-12,14H2,1H3. The fourth-order valence-electron chi connectivity index (χ4n) is 4.44. The van der Waals surface area contributed by atoms with Crippen molar-refractivity contribution < 1.29 is 27.5 Å². The quantitative estimate of drug-likeness (QED) is 0.426. The third-order valence-corrected chi connectivity index (χ3v) is 6.06. The molecular formula is C25H21F3N4O3. The Bertz CT molecular complexity index is 1420. The number of halogens is 3. The molecule has 7 nitrogen and oxygen atoms in total. The van der Waals surface area contributed by atoms with Crippen LogP contribution in [0.2, 0.25) is 0 Å². The molecule has 2 aromatic heterocycles. The third kappa shape index (κ3) is 4.05. The van der Waals surface area contributed by atoms with Crippen molar-refractivity contribution in [2.24, 2.45) is 0 Å². The molecule has 180 valence electrons. The summed E-state index contributed by atoms with van der Waals surface area (Å²) in [6.45, 7) is 2.42. The normalized spacial score (nSPS) is 13.7. The highest BCUT2D eigenvalue weighted by Gasteiger charge is 2.41. The number of hydrogen-bond acceptors (Lipinski definition) is 4. The van der Waals surface area contributed by atoms with E-state index in [4.69, 9.17) is 4.74 Å². The Morgan fingerprint density at radius 3 is 2.57 bits per heavy atom. The van der Waals surface area contributed by atoms with Crippen LogP contribution < -0.4 is 0 Å². The third-order valence-electron chi connectivity index (χ3n) is 6.06. The number of aromatic nitrogens is 3. The minimum absolute atomic E-state index is 0.0609. The first kappa shape index (κ1) is 22.7. The number of hydrogen-bond donors (Lipinski definition) is 1. The number of ether oxygens (including phenoxy) is 1. The summed E-state index contributed by atoms with van der Waals surface area (Å²) >= 11 is 0. The van der Waals surface area contributed by atoms with Crippen molar-refractivity contribution in [2.45, 2.75) is 26.1 Å². The molecule has 1 aliphatic rings. The molecule has 2 aromatic carbocycles. The lowest BCUT2D eigenvalue weighted by atomic mass is 10.0. The fraction of sp³-hybridized carbons (Fsp3) is 0.240. The van der Waals surface area contributed by atoms with Crippen molar-refractivity contribution in [1.29, 1.82) is 0 Å². The molecule has 0 atom stereocenters. The molecule has 35 heavy (non-hydrogen) atoms. The van der Waals surface area contributed by atoms with E-state index in [9.17, 15) is 22.8 Å². The Labute approximate surface area is 198 Å². The highest BCUT2D eigenvalue weighted by atomic mass is 19.4. The molecule has 0 saturated carbocycles. The summed E-state index contributed by atoms with van der Waals surface area (Å²) in [6.07, 6.45) is -3.31. The summed E-state index contributed by atoms with van der Waals surface area (Å²) < 4.78 is 46.6. The minimum Gasteiger partial charge on any atom is -0.462 e. The molecule has 4 aromatic rings. The van der Waals surface area contributed by atoms with Crippen LogP contribution in [0.25, 0.3) is 16.6 Å². The highest BCUT2D eigenvalue weighted by Crippen LogP contribution is 2.34. The van der Waals surface area contributed by atoms with E-state index in [1.165, 1.54) is 31.2 Å². The summed E-state index contributed by atoms with van der Waals surface area (Å²) in [4.78, 5) is 30.3. The largest absolute Gasteiger partial charge is 0.462 e. The zero-order chi connectivity index (χ0) is 24.7. The molecule has 5 rings (SSSR count). The number of nitrogens with one attached hydrogen (secondary N) is 1. The van der Waals surface area contributed by atoms with Crippen molar-refractivity contribution >= 4 is 22.8 Å². The van der Waals surface area contributed by atoms with E-state index in [1.54, 1.807) is 4.90 Å². The lowest BCUT2D eigenvalue weighted by molar-refractivity contribution is -0.143. The topological polar surface area (TPSA) is 80.2 Å². The van der Waals surface area contributed by atoms with Crippen molar-refractivity contribution in [1.82, 2.24) is 19.7 Å². The highest BCUT2D eigenvalue weighted by molar-refractivity contribution is 5.95. The summed E-state index contributed by atoms with van der Waals surface area (Å²) in [5, 5.41) is 4.84. The maximum Gasteiger partial charge on any atom is 0.434 e. The summed E-state index contributed by atoms with van der Waals surface area (Å²) in [6, 6.07) is 13.6. The van der Waals surface area contributed by atoms with Gasteiger partial charge in [0.05, 0.1) is 18.5 Å². The van der Waals surface area contributed by atoms with Gasteiger partial charge in [0.1, 0.15) is 5.56 Å². The van der Waals surface area contributed by atoms with E-state index < -0.39 is 23.4 Å². The molecule has 0 radical (unpaired) electrons. The number of rotatable bonds is 4. The van der Waals surface area contributed by atoms with Gasteiger partial charge in [-0.1, -0.05) is 18.2 Å². The van der Waals surface area contributed by atoms with Crippen LogP contribution in [0, 0.1) is 0 Å². The van der Waals surface area contributed by atoms with Gasteiger partial charge in [-0.2, -0.15) is 18.3 Å². The number of esters is 1. The average Bonchev–Trinajstić information content (AvgIpc) is 3.46. The van der Waals surface area contributed by atoms with Gasteiger partial charge in [-0.05, 0) is 37.3 Å². The monoisotopic (exact) mass is 482 g/mol. The first-order chi connectivity index (χ1) is 16.8. The second-order valence-electron chi connectivity index (χ2n) is 8.19. The Morgan fingerprint density at radius 2 is 1.86 bits per heavy atom. The number of fused-ring (bicyclic) bond motifs is 3. The molecule has 1 aliphatic heterocycles. The zero-order valence-corrected chi connectivity index (χ0v) is 18.7. The van der Waals surface area contributed by atoms with Gasteiger partial charge in [0.25, 0.3) is 5.91 Å². The Kier molecular flexibility index (Phi) is 5.58. The van der Waals surface area contributed by atoms with Crippen LogP contribution >= 0.6 is 0 Å². The Hall–Kier alpha value is -4.08. The lowest BCUT2D eigenvalue weighted by Gasteiger charge is -2.27. The van der Waals surface area contributed by atoms with Crippen LogP contribution in [-0.2, 0) is 23.9 Å². The van der Waals surface area contributed by atoms with Crippen LogP contribution in [0.15, 0.2) is 54.7 Å². The number of nitrogens with zero attached hydrogens (tertiary/aromatic N) is 3. The van der Waals surface area contributed by atoms with Gasteiger partial charge in [-0.25, -0.2) is 9.48 Å². The first-order valence-electron chi connectivity index (χ1n) is 11.1. The van der Waals surface area contributed by atoms with E-state index in [1.807, 2.05) is 24.3 Å². The van der Waals surface area contributed by atoms with E-state index in [0.717, 1.165) is 28.4 Å². The second kappa shape index (κ2) is 8.61. The molecule has 1 N–H and O–H groups in total. The van der Waals surface area contributed by atoms with Crippen molar-refractivity contribution in [3.8, 4) is 5.69 Å². The smallest absolute Gasteiger partial charge is 0.434 e. The number of para-hydroxylation sites is 1. The molecular weight excluding hydrogens is 461 g/mol. The number of amides is 1. The van der Waals surface area contributed by atoms with Crippen LogP contribution in [0.5, 0.6) is 0 Å². The van der Waals surface area contributed by atoms with Gasteiger partial charge in [0, 0.05) is 47.2 Å². The first-order valence-corrected chi connectivity index (χ1v) is 11.1. The maximum atomic E-state index is 13.8. The predicted molar refractivity (Wildman–Crippen MR) is 121 cm³/mol. The van der Waals surface area contributed by atoms with Gasteiger partial charge in [0.15, 0.2) is 5.69 Å². The SMILES string of the molecule is CCOC(=O)c1cnn(-c2ccc(C(=O)N3CCc4[nH]c5ccccc5c4C3)cc2)c1C(F)(F)F. The number of H-pyrrole nitrogens is 1. The second-order valence-corrected chi connectivity index (χ2v) is 8.19. The van der Waals surface area contributed by atoms with Crippen LogP contribution in [0.3, 0.4) is 0 Å². The van der Waals surface area contributed by atoms with Crippen molar-refractivity contribution in [2.75, 3.05) is 13.2 Å². The molecule has 0 aliphatic carbocycles. The zero-order valence-electron chi connectivity index (χ0n) is 18.7. The van der Waals surface area contributed by atoms with Crippen molar-refractivity contribution in [3.05, 3.63) is 82.8 Å². The molecule has 1 amide bonds. The summed E-state index contributed by atoms with van der Waals surface area (Å²) in [7, 11) is 0. The number of alkyl halides is 3. The van der Waals surface area contributed by atoms with Gasteiger partial charge in [0.2, 0.25) is 0 Å². The average molecular weight is 482 g/mol.